The Morgan fingerprint density at radius 2 is 2.03 bits per heavy atom. The average molecular weight is 394 g/mol. The standard InChI is InChI=1S/C20H22N6O3/c1-28-17-7-12-15(8-18(17)29-2)23-21-9-16(12)26-6-5-14-13(10-26)19(25-24-14)20(27)22-11-3-4-11/h7-9,11H,3-6,10H2,1-2H3,(H,22,27)(H,24,25). The second-order valence-electron chi connectivity index (χ2n) is 7.40. The fraction of sp³-hybridized carbons (Fsp3) is 0.400. The number of H-pyrrole nitrogens is 1. The van der Waals surface area contributed by atoms with Crippen molar-refractivity contribution in [1.82, 2.24) is 25.7 Å². The first-order valence-electron chi connectivity index (χ1n) is 9.67. The molecule has 0 bridgehead atoms. The smallest absolute Gasteiger partial charge is 0.272 e. The number of benzene rings is 1. The lowest BCUT2D eigenvalue weighted by Gasteiger charge is -2.29. The molecule has 5 rings (SSSR count). The van der Waals surface area contributed by atoms with Crippen molar-refractivity contribution in [3.63, 3.8) is 0 Å². The maximum absolute atomic E-state index is 12.6. The second kappa shape index (κ2) is 6.91. The molecule has 9 heteroatoms. The highest BCUT2D eigenvalue weighted by Gasteiger charge is 2.30. The van der Waals surface area contributed by atoms with Crippen LogP contribution in [0.3, 0.4) is 0 Å². The summed E-state index contributed by atoms with van der Waals surface area (Å²) in [6, 6.07) is 4.04. The predicted octanol–water partition coefficient (Wildman–Crippen LogP) is 1.82. The largest absolute Gasteiger partial charge is 0.493 e. The van der Waals surface area contributed by atoms with Gasteiger partial charge in [0.05, 0.1) is 31.6 Å². The van der Waals surface area contributed by atoms with E-state index in [4.69, 9.17) is 9.47 Å². The molecule has 0 saturated heterocycles. The Balaban J connectivity index is 1.51. The van der Waals surface area contributed by atoms with Crippen LogP contribution in [0.25, 0.3) is 10.9 Å². The molecule has 1 aliphatic heterocycles. The van der Waals surface area contributed by atoms with Gasteiger partial charge in [-0.15, -0.1) is 0 Å². The van der Waals surface area contributed by atoms with E-state index in [1.54, 1.807) is 20.4 Å². The van der Waals surface area contributed by atoms with Gasteiger partial charge in [-0.2, -0.15) is 15.3 Å². The first-order chi connectivity index (χ1) is 14.2. The van der Waals surface area contributed by atoms with Crippen molar-refractivity contribution in [3.8, 4) is 11.5 Å². The molecule has 2 aliphatic rings. The van der Waals surface area contributed by atoms with Crippen LogP contribution < -0.4 is 19.7 Å². The molecule has 9 nitrogen and oxygen atoms in total. The van der Waals surface area contributed by atoms with Gasteiger partial charge >= 0.3 is 0 Å². The topological polar surface area (TPSA) is 105 Å². The summed E-state index contributed by atoms with van der Waals surface area (Å²) in [4.78, 5) is 14.8. The van der Waals surface area contributed by atoms with Gasteiger partial charge in [0.15, 0.2) is 17.2 Å². The first kappa shape index (κ1) is 17.7. The van der Waals surface area contributed by atoms with Gasteiger partial charge in [0, 0.05) is 48.3 Å². The van der Waals surface area contributed by atoms with Crippen molar-refractivity contribution in [1.29, 1.82) is 0 Å². The summed E-state index contributed by atoms with van der Waals surface area (Å²) in [5, 5.41) is 19.7. The van der Waals surface area contributed by atoms with Crippen LogP contribution in [0.1, 0.15) is 34.6 Å². The van der Waals surface area contributed by atoms with E-state index in [9.17, 15) is 4.79 Å². The van der Waals surface area contributed by atoms with Crippen molar-refractivity contribution < 1.29 is 14.3 Å². The van der Waals surface area contributed by atoms with Gasteiger partial charge in [0.2, 0.25) is 0 Å². The van der Waals surface area contributed by atoms with E-state index in [0.29, 0.717) is 29.8 Å². The summed E-state index contributed by atoms with van der Waals surface area (Å²) in [6.45, 7) is 1.36. The van der Waals surface area contributed by atoms with Crippen LogP contribution in [0.4, 0.5) is 5.69 Å². The van der Waals surface area contributed by atoms with Crippen LogP contribution >= 0.6 is 0 Å². The molecule has 1 fully saturated rings. The number of rotatable bonds is 5. The highest BCUT2D eigenvalue weighted by atomic mass is 16.5. The van der Waals surface area contributed by atoms with Crippen LogP contribution in [-0.2, 0) is 13.0 Å². The molecule has 2 N–H and O–H groups in total. The molecule has 3 aromatic rings. The highest BCUT2D eigenvalue weighted by Crippen LogP contribution is 2.36. The normalized spacial score (nSPS) is 15.9. The van der Waals surface area contributed by atoms with Crippen LogP contribution in [0.2, 0.25) is 0 Å². The zero-order chi connectivity index (χ0) is 20.0. The monoisotopic (exact) mass is 394 g/mol. The van der Waals surface area contributed by atoms with Gasteiger partial charge in [0.1, 0.15) is 0 Å². The Morgan fingerprint density at radius 1 is 1.24 bits per heavy atom. The number of aromatic amines is 1. The summed E-state index contributed by atoms with van der Waals surface area (Å²) in [7, 11) is 3.21. The minimum absolute atomic E-state index is 0.101. The third-order valence-electron chi connectivity index (χ3n) is 5.53. The van der Waals surface area contributed by atoms with Gasteiger partial charge in [-0.1, -0.05) is 0 Å². The molecule has 3 heterocycles. The van der Waals surface area contributed by atoms with E-state index in [0.717, 1.165) is 53.7 Å². The van der Waals surface area contributed by atoms with E-state index in [1.807, 2.05) is 12.1 Å². The number of hydrogen-bond acceptors (Lipinski definition) is 7. The molecule has 1 amide bonds. The summed E-state index contributed by atoms with van der Waals surface area (Å²) in [5.41, 5.74) is 4.12. The highest BCUT2D eigenvalue weighted by molar-refractivity contribution is 5.95. The summed E-state index contributed by atoms with van der Waals surface area (Å²) >= 11 is 0. The summed E-state index contributed by atoms with van der Waals surface area (Å²) < 4.78 is 10.8. The summed E-state index contributed by atoms with van der Waals surface area (Å²) in [5.74, 6) is 1.15. The molecule has 0 radical (unpaired) electrons. The van der Waals surface area contributed by atoms with Gasteiger partial charge in [-0.3, -0.25) is 9.89 Å². The van der Waals surface area contributed by atoms with Crippen molar-refractivity contribution in [2.75, 3.05) is 25.7 Å². The number of anilines is 1. The molecule has 1 aliphatic carbocycles. The Hall–Kier alpha value is -3.36. The number of fused-ring (bicyclic) bond motifs is 2. The zero-order valence-corrected chi connectivity index (χ0v) is 16.4. The first-order valence-corrected chi connectivity index (χ1v) is 9.67. The van der Waals surface area contributed by atoms with E-state index < -0.39 is 0 Å². The Kier molecular flexibility index (Phi) is 4.22. The SMILES string of the molecule is COc1cc2nncc(N3CCc4[nH]nc(C(=O)NC5CC5)c4C3)c2cc1OC. The van der Waals surface area contributed by atoms with Crippen LogP contribution in [0.15, 0.2) is 18.3 Å². The van der Waals surface area contributed by atoms with Gasteiger partial charge in [0.25, 0.3) is 5.91 Å². The number of nitrogens with one attached hydrogen (secondary N) is 2. The number of aromatic nitrogens is 4. The van der Waals surface area contributed by atoms with Gasteiger partial charge in [-0.05, 0) is 18.9 Å². The average Bonchev–Trinajstić information content (AvgIpc) is 3.46. The van der Waals surface area contributed by atoms with Crippen LogP contribution in [0, 0.1) is 0 Å². The molecule has 0 spiro atoms. The number of methoxy groups -OCH3 is 2. The molecule has 150 valence electrons. The lowest BCUT2D eigenvalue weighted by Crippen LogP contribution is -2.33. The fourth-order valence-corrected chi connectivity index (χ4v) is 3.79. The van der Waals surface area contributed by atoms with Crippen molar-refractivity contribution in [3.05, 3.63) is 35.3 Å². The third kappa shape index (κ3) is 3.12. The van der Waals surface area contributed by atoms with E-state index in [-0.39, 0.29) is 5.91 Å². The quantitative estimate of drug-likeness (QED) is 0.680. The number of carbonyl (C=O) groups excluding carboxylic acids is 1. The molecule has 1 saturated carbocycles. The molecular formula is C20H22N6O3. The van der Waals surface area contributed by atoms with E-state index >= 15 is 0 Å². The maximum Gasteiger partial charge on any atom is 0.272 e. The minimum atomic E-state index is -0.101. The Bertz CT molecular complexity index is 1090. The summed E-state index contributed by atoms with van der Waals surface area (Å²) in [6.07, 6.45) is 4.62. The molecule has 0 atom stereocenters. The lowest BCUT2D eigenvalue weighted by atomic mass is 10.0. The second-order valence-corrected chi connectivity index (χ2v) is 7.40. The number of amides is 1. The number of hydrogen-bond donors (Lipinski definition) is 2. The number of nitrogens with zero attached hydrogens (tertiary/aromatic N) is 4. The molecule has 2 aromatic heterocycles. The minimum Gasteiger partial charge on any atom is -0.493 e. The van der Waals surface area contributed by atoms with Crippen molar-refractivity contribution >= 4 is 22.5 Å². The lowest BCUT2D eigenvalue weighted by molar-refractivity contribution is 0.0945. The van der Waals surface area contributed by atoms with Gasteiger partial charge in [-0.25, -0.2) is 0 Å². The van der Waals surface area contributed by atoms with Crippen LogP contribution in [0.5, 0.6) is 11.5 Å². The molecule has 29 heavy (non-hydrogen) atoms. The van der Waals surface area contributed by atoms with Crippen LogP contribution in [-0.4, -0.2) is 53.1 Å². The number of ether oxygens (including phenoxy) is 2. The third-order valence-corrected chi connectivity index (χ3v) is 5.53. The number of carbonyl (C=O) groups is 1. The van der Waals surface area contributed by atoms with Crippen molar-refractivity contribution in [2.24, 2.45) is 0 Å². The maximum atomic E-state index is 12.6. The molecule has 0 unspecified atom stereocenters. The fourth-order valence-electron chi connectivity index (χ4n) is 3.79. The zero-order valence-electron chi connectivity index (χ0n) is 16.4. The van der Waals surface area contributed by atoms with Gasteiger partial charge < -0.3 is 19.7 Å². The Labute approximate surface area is 167 Å². The predicted molar refractivity (Wildman–Crippen MR) is 106 cm³/mol. The molecule has 1 aromatic carbocycles. The molecular weight excluding hydrogens is 372 g/mol. The van der Waals surface area contributed by atoms with E-state index in [1.165, 1.54) is 0 Å². The Morgan fingerprint density at radius 3 is 2.79 bits per heavy atom. The van der Waals surface area contributed by atoms with E-state index in [2.05, 4.69) is 30.6 Å². The van der Waals surface area contributed by atoms with Crippen molar-refractivity contribution in [2.45, 2.75) is 31.8 Å².